The molecule has 0 saturated heterocycles. The summed E-state index contributed by atoms with van der Waals surface area (Å²) in [6, 6.07) is 5.69. The first-order valence-corrected chi connectivity index (χ1v) is 8.40. The zero-order valence-electron chi connectivity index (χ0n) is 10.7. The monoisotopic (exact) mass is 385 g/mol. The van der Waals surface area contributed by atoms with Crippen molar-refractivity contribution in [2.75, 3.05) is 0 Å². The highest BCUT2D eigenvalue weighted by molar-refractivity contribution is 7.89. The Morgan fingerprint density at radius 3 is 2.18 bits per heavy atom. The summed E-state index contributed by atoms with van der Waals surface area (Å²) in [6.07, 6.45) is 0. The van der Waals surface area contributed by atoms with Crippen LogP contribution in [0.5, 0.6) is 0 Å². The van der Waals surface area contributed by atoms with Gasteiger partial charge in [0.15, 0.2) is 0 Å². The molecule has 0 heterocycles. The van der Waals surface area contributed by atoms with Crippen molar-refractivity contribution in [1.82, 2.24) is 4.72 Å². The minimum atomic E-state index is -4.05. The lowest BCUT2D eigenvalue weighted by atomic mass is 10.2. The van der Waals surface area contributed by atoms with E-state index in [0.717, 1.165) is 12.1 Å². The molecule has 0 aliphatic rings. The molecule has 0 aromatic heterocycles. The molecule has 0 unspecified atom stereocenters. The summed E-state index contributed by atoms with van der Waals surface area (Å²) in [4.78, 5) is -0.215. The first kappa shape index (κ1) is 17.4. The van der Waals surface area contributed by atoms with Crippen molar-refractivity contribution in [3.05, 3.63) is 62.6 Å². The average Bonchev–Trinajstić information content (AvgIpc) is 2.42. The number of rotatable bonds is 4. The number of halogens is 5. The van der Waals surface area contributed by atoms with Gasteiger partial charge in [0.2, 0.25) is 10.0 Å². The van der Waals surface area contributed by atoms with Gasteiger partial charge in [-0.2, -0.15) is 0 Å². The fourth-order valence-electron chi connectivity index (χ4n) is 1.67. The van der Waals surface area contributed by atoms with Gasteiger partial charge in [-0.05, 0) is 30.3 Å². The maximum absolute atomic E-state index is 13.7. The second-order valence-corrected chi connectivity index (χ2v) is 7.30. The van der Waals surface area contributed by atoms with Crippen LogP contribution in [0, 0.1) is 11.6 Å². The Hall–Kier alpha value is -0.920. The molecule has 0 radical (unpaired) electrons. The highest BCUT2D eigenvalue weighted by Crippen LogP contribution is 2.24. The summed E-state index contributed by atoms with van der Waals surface area (Å²) in [5, 5.41) is -0.0672. The van der Waals surface area contributed by atoms with Crippen LogP contribution in [0.25, 0.3) is 0 Å². The van der Waals surface area contributed by atoms with E-state index in [9.17, 15) is 17.2 Å². The molecular weight excluding hydrogens is 379 g/mol. The van der Waals surface area contributed by atoms with E-state index in [4.69, 9.17) is 34.8 Å². The number of nitrogens with one attached hydrogen (secondary N) is 1. The Kier molecular flexibility index (Phi) is 5.29. The minimum absolute atomic E-state index is 0.119. The molecule has 0 atom stereocenters. The molecule has 0 spiro atoms. The van der Waals surface area contributed by atoms with Crippen LogP contribution in [-0.2, 0) is 16.6 Å². The molecule has 9 heteroatoms. The van der Waals surface area contributed by atoms with E-state index in [0.29, 0.717) is 0 Å². The van der Waals surface area contributed by atoms with Gasteiger partial charge in [-0.1, -0.05) is 34.8 Å². The van der Waals surface area contributed by atoms with E-state index in [1.165, 1.54) is 18.2 Å². The van der Waals surface area contributed by atoms with E-state index >= 15 is 0 Å². The quantitative estimate of drug-likeness (QED) is 0.792. The summed E-state index contributed by atoms with van der Waals surface area (Å²) in [5.74, 6) is -1.93. The fraction of sp³-hybridized carbons (Fsp3) is 0.0769. The Morgan fingerprint density at radius 2 is 1.59 bits per heavy atom. The molecule has 118 valence electrons. The standard InChI is InChI=1S/C13H8Cl3F2NO2S/c14-7-3-8(15)5-9(4-7)22(20,21)19-6-10-12(17)2-1-11(16)13(10)18/h1-5,19H,6H2. The minimum Gasteiger partial charge on any atom is -0.207 e. The molecule has 2 aromatic rings. The SMILES string of the molecule is O=S(=O)(NCc1c(F)ccc(Cl)c1F)c1cc(Cl)cc(Cl)c1. The van der Waals surface area contributed by atoms with Gasteiger partial charge in [-0.25, -0.2) is 21.9 Å². The van der Waals surface area contributed by atoms with Gasteiger partial charge in [-0.15, -0.1) is 0 Å². The Morgan fingerprint density at radius 1 is 1.00 bits per heavy atom. The van der Waals surface area contributed by atoms with E-state index in [-0.39, 0.29) is 20.0 Å². The van der Waals surface area contributed by atoms with Crippen LogP contribution >= 0.6 is 34.8 Å². The molecule has 2 rings (SSSR count). The van der Waals surface area contributed by atoms with Crippen LogP contribution in [0.2, 0.25) is 15.1 Å². The van der Waals surface area contributed by atoms with Crippen molar-refractivity contribution >= 4 is 44.8 Å². The molecular formula is C13H8Cl3F2NO2S. The maximum Gasteiger partial charge on any atom is 0.240 e. The lowest BCUT2D eigenvalue weighted by molar-refractivity contribution is 0.544. The summed E-state index contributed by atoms with van der Waals surface area (Å²) >= 11 is 17.0. The van der Waals surface area contributed by atoms with E-state index < -0.39 is 33.8 Å². The number of sulfonamides is 1. The number of hydrogen-bond donors (Lipinski definition) is 1. The third kappa shape index (κ3) is 3.88. The average molecular weight is 387 g/mol. The molecule has 1 N–H and O–H groups in total. The molecule has 0 amide bonds. The van der Waals surface area contributed by atoms with E-state index in [2.05, 4.69) is 4.72 Å². The summed E-state index contributed by atoms with van der Waals surface area (Å²) in [7, 11) is -4.05. The fourth-order valence-corrected chi connectivity index (χ4v) is 3.56. The predicted molar refractivity (Wildman–Crippen MR) is 81.9 cm³/mol. The van der Waals surface area contributed by atoms with Crippen molar-refractivity contribution < 1.29 is 17.2 Å². The van der Waals surface area contributed by atoms with Crippen molar-refractivity contribution in [2.24, 2.45) is 0 Å². The molecule has 0 saturated carbocycles. The molecule has 3 nitrogen and oxygen atoms in total. The largest absolute Gasteiger partial charge is 0.240 e. The zero-order chi connectivity index (χ0) is 16.5. The van der Waals surface area contributed by atoms with Crippen LogP contribution in [0.4, 0.5) is 8.78 Å². The van der Waals surface area contributed by atoms with Crippen LogP contribution in [0.3, 0.4) is 0 Å². The van der Waals surface area contributed by atoms with Crippen molar-refractivity contribution in [2.45, 2.75) is 11.4 Å². The summed E-state index contributed by atoms with van der Waals surface area (Å²) < 4.78 is 53.6. The predicted octanol–water partition coefficient (Wildman–Crippen LogP) is 4.40. The Balaban J connectivity index is 2.29. The topological polar surface area (TPSA) is 46.2 Å². The van der Waals surface area contributed by atoms with Crippen LogP contribution in [0.1, 0.15) is 5.56 Å². The summed E-state index contributed by atoms with van der Waals surface area (Å²) in [6.45, 7) is -0.606. The molecule has 0 bridgehead atoms. The molecule has 2 aromatic carbocycles. The van der Waals surface area contributed by atoms with Gasteiger partial charge in [0, 0.05) is 22.2 Å². The van der Waals surface area contributed by atoms with Gasteiger partial charge in [-0.3, -0.25) is 0 Å². The third-order valence-electron chi connectivity index (χ3n) is 2.72. The molecule has 0 fully saturated rings. The first-order chi connectivity index (χ1) is 10.2. The third-order valence-corrected chi connectivity index (χ3v) is 4.83. The van der Waals surface area contributed by atoms with E-state index in [1.807, 2.05) is 0 Å². The van der Waals surface area contributed by atoms with Crippen molar-refractivity contribution in [1.29, 1.82) is 0 Å². The second kappa shape index (κ2) is 6.68. The van der Waals surface area contributed by atoms with Gasteiger partial charge >= 0.3 is 0 Å². The number of hydrogen-bond acceptors (Lipinski definition) is 2. The summed E-state index contributed by atoms with van der Waals surface area (Å²) in [5.41, 5.74) is -0.482. The molecule has 22 heavy (non-hydrogen) atoms. The smallest absolute Gasteiger partial charge is 0.207 e. The highest BCUT2D eigenvalue weighted by Gasteiger charge is 2.19. The Bertz CT molecular complexity index is 808. The van der Waals surface area contributed by atoms with Crippen molar-refractivity contribution in [3.63, 3.8) is 0 Å². The van der Waals surface area contributed by atoms with Crippen molar-refractivity contribution in [3.8, 4) is 0 Å². The Labute approximate surface area is 140 Å². The normalized spacial score (nSPS) is 11.7. The van der Waals surface area contributed by atoms with Crippen LogP contribution < -0.4 is 4.72 Å². The second-order valence-electron chi connectivity index (χ2n) is 4.25. The zero-order valence-corrected chi connectivity index (χ0v) is 13.8. The van der Waals surface area contributed by atoms with E-state index in [1.54, 1.807) is 0 Å². The highest BCUT2D eigenvalue weighted by atomic mass is 35.5. The van der Waals surface area contributed by atoms with Gasteiger partial charge in [0.25, 0.3) is 0 Å². The van der Waals surface area contributed by atoms with Crippen LogP contribution in [0.15, 0.2) is 35.2 Å². The first-order valence-electron chi connectivity index (χ1n) is 5.79. The van der Waals surface area contributed by atoms with Gasteiger partial charge in [0.05, 0.1) is 9.92 Å². The van der Waals surface area contributed by atoms with Gasteiger partial charge in [0.1, 0.15) is 11.6 Å². The lowest BCUT2D eigenvalue weighted by Crippen LogP contribution is -2.24. The molecule has 0 aliphatic heterocycles. The molecule has 0 aliphatic carbocycles. The maximum atomic E-state index is 13.7. The van der Waals surface area contributed by atoms with Crippen LogP contribution in [-0.4, -0.2) is 8.42 Å². The number of benzene rings is 2. The van der Waals surface area contributed by atoms with Gasteiger partial charge < -0.3 is 0 Å². The lowest BCUT2D eigenvalue weighted by Gasteiger charge is -2.10.